The van der Waals surface area contributed by atoms with Crippen LogP contribution in [-0.4, -0.2) is 12.5 Å². The molecule has 0 spiro atoms. The first-order chi connectivity index (χ1) is 10.1. The second-order valence-corrected chi connectivity index (χ2v) is 5.35. The van der Waals surface area contributed by atoms with Crippen LogP contribution in [0.2, 0.25) is 5.02 Å². The lowest BCUT2D eigenvalue weighted by molar-refractivity contribution is -0.120. The SMILES string of the molecule is CCN(NC(=O)Cc1ccc(Cl)cc1)c1ccc(C)cc1. The molecule has 0 bridgehead atoms. The van der Waals surface area contributed by atoms with E-state index in [2.05, 4.69) is 5.43 Å². The van der Waals surface area contributed by atoms with E-state index in [0.717, 1.165) is 11.3 Å². The standard InChI is InChI=1S/C17H19ClN2O/c1-3-20(16-10-4-13(2)5-11-16)19-17(21)12-14-6-8-15(18)9-7-14/h4-11H,3,12H2,1-2H3,(H,19,21). The zero-order valence-corrected chi connectivity index (χ0v) is 13.0. The number of carbonyl (C=O) groups excluding carboxylic acids is 1. The van der Waals surface area contributed by atoms with Crippen molar-refractivity contribution in [3.05, 3.63) is 64.7 Å². The molecule has 0 aliphatic carbocycles. The number of carbonyl (C=O) groups is 1. The van der Waals surface area contributed by atoms with Crippen molar-refractivity contribution in [3.8, 4) is 0 Å². The maximum absolute atomic E-state index is 12.1. The summed E-state index contributed by atoms with van der Waals surface area (Å²) in [6.45, 7) is 4.75. The molecule has 0 unspecified atom stereocenters. The fourth-order valence-electron chi connectivity index (χ4n) is 2.03. The van der Waals surface area contributed by atoms with E-state index in [1.165, 1.54) is 5.56 Å². The van der Waals surface area contributed by atoms with Gasteiger partial charge in [0.1, 0.15) is 0 Å². The molecule has 0 radical (unpaired) electrons. The van der Waals surface area contributed by atoms with Crippen molar-refractivity contribution >= 4 is 23.2 Å². The van der Waals surface area contributed by atoms with Crippen LogP contribution in [0.15, 0.2) is 48.5 Å². The van der Waals surface area contributed by atoms with Crippen LogP contribution in [-0.2, 0) is 11.2 Å². The van der Waals surface area contributed by atoms with Gasteiger partial charge in [-0.25, -0.2) is 0 Å². The van der Waals surface area contributed by atoms with Gasteiger partial charge in [0.15, 0.2) is 0 Å². The normalized spacial score (nSPS) is 10.2. The zero-order chi connectivity index (χ0) is 15.2. The summed E-state index contributed by atoms with van der Waals surface area (Å²) in [4.78, 5) is 12.1. The van der Waals surface area contributed by atoms with Crippen molar-refractivity contribution in [2.75, 3.05) is 11.6 Å². The highest BCUT2D eigenvalue weighted by Gasteiger charge is 2.09. The van der Waals surface area contributed by atoms with Crippen molar-refractivity contribution in [1.82, 2.24) is 5.43 Å². The smallest absolute Gasteiger partial charge is 0.242 e. The number of hydrogen-bond donors (Lipinski definition) is 1. The number of hydrogen-bond acceptors (Lipinski definition) is 2. The fraction of sp³-hybridized carbons (Fsp3) is 0.235. The molecular formula is C17H19ClN2O. The van der Waals surface area contributed by atoms with Crippen molar-refractivity contribution in [1.29, 1.82) is 0 Å². The fourth-order valence-corrected chi connectivity index (χ4v) is 2.15. The summed E-state index contributed by atoms with van der Waals surface area (Å²) < 4.78 is 0. The minimum Gasteiger partial charge on any atom is -0.286 e. The summed E-state index contributed by atoms with van der Waals surface area (Å²) >= 11 is 5.84. The molecule has 0 aliphatic heterocycles. The van der Waals surface area contributed by atoms with Crippen LogP contribution >= 0.6 is 11.6 Å². The molecule has 21 heavy (non-hydrogen) atoms. The minimum atomic E-state index is -0.0419. The number of aryl methyl sites for hydroxylation is 1. The van der Waals surface area contributed by atoms with Crippen molar-refractivity contribution < 1.29 is 4.79 Å². The van der Waals surface area contributed by atoms with Crippen molar-refractivity contribution in [3.63, 3.8) is 0 Å². The summed E-state index contributed by atoms with van der Waals surface area (Å²) in [6.07, 6.45) is 0.333. The summed E-state index contributed by atoms with van der Waals surface area (Å²) in [6, 6.07) is 15.4. The van der Waals surface area contributed by atoms with Gasteiger partial charge in [-0.2, -0.15) is 0 Å². The Bertz CT molecular complexity index is 593. The number of benzene rings is 2. The maximum atomic E-state index is 12.1. The summed E-state index contributed by atoms with van der Waals surface area (Å²) in [7, 11) is 0. The molecule has 2 aromatic carbocycles. The number of halogens is 1. The van der Waals surface area contributed by atoms with Crippen LogP contribution < -0.4 is 10.4 Å². The van der Waals surface area contributed by atoms with Gasteiger partial charge in [0.25, 0.3) is 0 Å². The Morgan fingerprint density at radius 1 is 1.10 bits per heavy atom. The van der Waals surface area contributed by atoms with Crippen molar-refractivity contribution in [2.45, 2.75) is 20.3 Å². The van der Waals surface area contributed by atoms with Crippen LogP contribution in [0, 0.1) is 6.92 Å². The number of nitrogens with zero attached hydrogens (tertiary/aromatic N) is 1. The summed E-state index contributed by atoms with van der Waals surface area (Å²) in [5, 5.41) is 2.52. The Hall–Kier alpha value is -2.00. The molecule has 2 rings (SSSR count). The first-order valence-corrected chi connectivity index (χ1v) is 7.34. The van der Waals surface area contributed by atoms with E-state index in [1.807, 2.05) is 55.3 Å². The minimum absolute atomic E-state index is 0.0419. The molecule has 1 amide bonds. The predicted molar refractivity (Wildman–Crippen MR) is 87.5 cm³/mol. The lowest BCUT2D eigenvalue weighted by Gasteiger charge is -2.24. The second-order valence-electron chi connectivity index (χ2n) is 4.92. The maximum Gasteiger partial charge on any atom is 0.242 e. The van der Waals surface area contributed by atoms with E-state index in [1.54, 1.807) is 12.1 Å². The Labute approximate surface area is 130 Å². The van der Waals surface area contributed by atoms with Gasteiger partial charge in [0.2, 0.25) is 5.91 Å². The zero-order valence-electron chi connectivity index (χ0n) is 12.3. The van der Waals surface area contributed by atoms with E-state index >= 15 is 0 Å². The van der Waals surface area contributed by atoms with Crippen LogP contribution in [0.1, 0.15) is 18.1 Å². The molecule has 2 aromatic rings. The Balaban J connectivity index is 1.99. The van der Waals surface area contributed by atoms with Gasteiger partial charge in [-0.1, -0.05) is 41.4 Å². The highest BCUT2D eigenvalue weighted by molar-refractivity contribution is 6.30. The Morgan fingerprint density at radius 2 is 1.71 bits per heavy atom. The lowest BCUT2D eigenvalue weighted by Crippen LogP contribution is -2.43. The molecule has 0 atom stereocenters. The number of hydrazine groups is 1. The largest absolute Gasteiger partial charge is 0.286 e. The van der Waals surface area contributed by atoms with E-state index in [-0.39, 0.29) is 5.91 Å². The molecule has 0 fully saturated rings. The van der Waals surface area contributed by atoms with Crippen LogP contribution in [0.3, 0.4) is 0 Å². The quantitative estimate of drug-likeness (QED) is 0.853. The monoisotopic (exact) mass is 302 g/mol. The molecule has 0 aliphatic rings. The molecule has 0 saturated heterocycles. The summed E-state index contributed by atoms with van der Waals surface area (Å²) in [5.74, 6) is -0.0419. The Morgan fingerprint density at radius 3 is 2.29 bits per heavy atom. The van der Waals surface area contributed by atoms with Crippen molar-refractivity contribution in [2.24, 2.45) is 0 Å². The molecular weight excluding hydrogens is 284 g/mol. The van der Waals surface area contributed by atoms with E-state index in [0.29, 0.717) is 18.0 Å². The van der Waals surface area contributed by atoms with E-state index in [4.69, 9.17) is 11.6 Å². The van der Waals surface area contributed by atoms with Crippen LogP contribution in [0.4, 0.5) is 5.69 Å². The average molecular weight is 303 g/mol. The molecule has 3 nitrogen and oxygen atoms in total. The number of rotatable bonds is 5. The predicted octanol–water partition coefficient (Wildman–Crippen LogP) is 3.75. The molecule has 0 saturated carbocycles. The average Bonchev–Trinajstić information content (AvgIpc) is 2.48. The van der Waals surface area contributed by atoms with Gasteiger partial charge in [-0.05, 0) is 43.7 Å². The van der Waals surface area contributed by atoms with Crippen LogP contribution in [0.5, 0.6) is 0 Å². The highest BCUT2D eigenvalue weighted by atomic mass is 35.5. The highest BCUT2D eigenvalue weighted by Crippen LogP contribution is 2.13. The number of nitrogens with one attached hydrogen (secondary N) is 1. The Kier molecular flexibility index (Phi) is 5.23. The van der Waals surface area contributed by atoms with Gasteiger partial charge < -0.3 is 0 Å². The first-order valence-electron chi connectivity index (χ1n) is 6.96. The first kappa shape index (κ1) is 15.4. The van der Waals surface area contributed by atoms with Gasteiger partial charge in [0, 0.05) is 11.6 Å². The van der Waals surface area contributed by atoms with Crippen LogP contribution in [0.25, 0.3) is 0 Å². The van der Waals surface area contributed by atoms with Gasteiger partial charge >= 0.3 is 0 Å². The topological polar surface area (TPSA) is 32.3 Å². The summed E-state index contributed by atoms with van der Waals surface area (Å²) in [5.41, 5.74) is 6.04. The van der Waals surface area contributed by atoms with E-state index in [9.17, 15) is 4.79 Å². The molecule has 0 heterocycles. The van der Waals surface area contributed by atoms with Gasteiger partial charge in [-0.3, -0.25) is 15.2 Å². The molecule has 0 aromatic heterocycles. The third-order valence-corrected chi connectivity index (χ3v) is 3.45. The van der Waals surface area contributed by atoms with E-state index < -0.39 is 0 Å². The molecule has 110 valence electrons. The van der Waals surface area contributed by atoms with Gasteiger partial charge in [0.05, 0.1) is 12.1 Å². The molecule has 1 N–H and O–H groups in total. The van der Waals surface area contributed by atoms with Gasteiger partial charge in [-0.15, -0.1) is 0 Å². The number of anilines is 1. The third kappa shape index (κ3) is 4.50. The second kappa shape index (κ2) is 7.14. The number of amides is 1. The lowest BCUT2D eigenvalue weighted by atomic mass is 10.1. The molecule has 4 heteroatoms. The third-order valence-electron chi connectivity index (χ3n) is 3.20.